The lowest BCUT2D eigenvalue weighted by Crippen LogP contribution is -2.30. The Hall–Kier alpha value is -2.53. The minimum absolute atomic E-state index is 0.0212. The molecule has 0 spiro atoms. The van der Waals surface area contributed by atoms with Gasteiger partial charge in [0.1, 0.15) is 5.75 Å². The van der Waals surface area contributed by atoms with Crippen molar-refractivity contribution in [3.8, 4) is 5.75 Å². The molecule has 1 heterocycles. The first-order chi connectivity index (χ1) is 18.7. The number of phenolic OH excluding ortho intramolecular Hbond substituents is 1. The van der Waals surface area contributed by atoms with E-state index in [1.165, 1.54) is 12.1 Å². The molecule has 0 bridgehead atoms. The number of fused-ring (bicyclic) bond motifs is 1. The van der Waals surface area contributed by atoms with Crippen LogP contribution in [0.25, 0.3) is 10.2 Å². The van der Waals surface area contributed by atoms with Crippen molar-refractivity contribution in [1.29, 1.82) is 0 Å². The Morgan fingerprint density at radius 1 is 1.12 bits per heavy atom. The number of sulfonamides is 1. The summed E-state index contributed by atoms with van der Waals surface area (Å²) in [5, 5.41) is 13.5. The maximum atomic E-state index is 13.5. The van der Waals surface area contributed by atoms with Crippen LogP contribution in [0.3, 0.4) is 0 Å². The fraction of sp³-hybridized carbons (Fsp3) is 0.417. The van der Waals surface area contributed by atoms with Crippen LogP contribution in [0.15, 0.2) is 24.3 Å². The van der Waals surface area contributed by atoms with Crippen molar-refractivity contribution in [2.24, 2.45) is 0 Å². The van der Waals surface area contributed by atoms with E-state index in [2.05, 4.69) is 15.0 Å². The van der Waals surface area contributed by atoms with Gasteiger partial charge in [-0.2, -0.15) is 13.2 Å². The number of anilines is 1. The van der Waals surface area contributed by atoms with Crippen molar-refractivity contribution in [3.05, 3.63) is 51.5 Å². The normalized spacial score (nSPS) is 12.4. The van der Waals surface area contributed by atoms with Crippen molar-refractivity contribution < 1.29 is 41.0 Å². The second-order valence-corrected chi connectivity index (χ2v) is 12.1. The fourth-order valence-corrected chi connectivity index (χ4v) is 5.33. The zero-order valence-corrected chi connectivity index (χ0v) is 24.2. The number of benzene rings is 2. The number of amides is 1. The maximum Gasteiger partial charge on any atom is 0.416 e. The molecular weight excluding hydrogens is 597 g/mol. The molecule has 0 aliphatic heterocycles. The van der Waals surface area contributed by atoms with Gasteiger partial charge in [0.25, 0.3) is 5.91 Å². The Labute approximate surface area is 238 Å². The average Bonchev–Trinajstić information content (AvgIpc) is 3.27. The van der Waals surface area contributed by atoms with E-state index in [4.69, 9.17) is 21.1 Å². The molecule has 16 heteroatoms. The van der Waals surface area contributed by atoms with Gasteiger partial charge < -0.3 is 14.6 Å². The van der Waals surface area contributed by atoms with E-state index >= 15 is 0 Å². The van der Waals surface area contributed by atoms with Gasteiger partial charge in [-0.15, -0.1) is 0 Å². The molecule has 1 amide bonds. The summed E-state index contributed by atoms with van der Waals surface area (Å²) in [7, 11) is -0.582. The summed E-state index contributed by atoms with van der Waals surface area (Å²) in [4.78, 5) is 19.3. The van der Waals surface area contributed by atoms with E-state index in [0.29, 0.717) is 31.9 Å². The molecule has 0 aliphatic carbocycles. The van der Waals surface area contributed by atoms with E-state index in [-0.39, 0.29) is 43.8 Å². The van der Waals surface area contributed by atoms with Crippen molar-refractivity contribution in [3.63, 3.8) is 0 Å². The SMILES string of the molecule is COCCN(CCOC)Cc1cc(Cl)cc(C(=O)Nc2nc3c(CNS(C)(=O)=O)cc(C(F)(F)F)cc3s2)c1O. The average molecular weight is 625 g/mol. The van der Waals surface area contributed by atoms with Crippen LogP contribution in [0.2, 0.25) is 5.02 Å². The molecule has 0 saturated carbocycles. The van der Waals surface area contributed by atoms with Gasteiger partial charge in [-0.3, -0.25) is 15.0 Å². The Balaban J connectivity index is 1.92. The number of carbonyl (C=O) groups is 1. The topological polar surface area (TPSA) is 130 Å². The van der Waals surface area contributed by atoms with E-state index < -0.39 is 34.2 Å². The number of halogens is 4. The third-order valence-corrected chi connectivity index (χ3v) is 7.47. The Morgan fingerprint density at radius 2 is 1.77 bits per heavy atom. The number of alkyl halides is 3. The quantitative estimate of drug-likeness (QED) is 0.260. The zero-order valence-electron chi connectivity index (χ0n) is 21.8. The molecule has 2 aromatic carbocycles. The zero-order chi connectivity index (χ0) is 29.7. The summed E-state index contributed by atoms with van der Waals surface area (Å²) in [6, 6.07) is 4.47. The predicted octanol–water partition coefficient (Wildman–Crippen LogP) is 4.07. The lowest BCUT2D eigenvalue weighted by Gasteiger charge is -2.22. The highest BCUT2D eigenvalue weighted by Crippen LogP contribution is 2.37. The molecule has 0 saturated heterocycles. The highest BCUT2D eigenvalue weighted by molar-refractivity contribution is 7.88. The van der Waals surface area contributed by atoms with Gasteiger partial charge in [-0.1, -0.05) is 22.9 Å². The molecule has 1 aromatic heterocycles. The van der Waals surface area contributed by atoms with Gasteiger partial charge in [-0.25, -0.2) is 18.1 Å². The van der Waals surface area contributed by atoms with Gasteiger partial charge in [0, 0.05) is 51.0 Å². The van der Waals surface area contributed by atoms with E-state index in [0.717, 1.165) is 29.7 Å². The van der Waals surface area contributed by atoms with E-state index in [1.54, 1.807) is 14.2 Å². The van der Waals surface area contributed by atoms with Crippen molar-refractivity contribution in [2.45, 2.75) is 19.3 Å². The Kier molecular flexibility index (Phi) is 10.7. The summed E-state index contributed by atoms with van der Waals surface area (Å²) < 4.78 is 76.0. The van der Waals surface area contributed by atoms with E-state index in [1.807, 2.05) is 4.90 Å². The lowest BCUT2D eigenvalue weighted by atomic mass is 10.1. The van der Waals surface area contributed by atoms with Crippen molar-refractivity contribution >= 4 is 54.2 Å². The summed E-state index contributed by atoms with van der Waals surface area (Å²) >= 11 is 7.01. The summed E-state index contributed by atoms with van der Waals surface area (Å²) in [5.74, 6) is -1.10. The van der Waals surface area contributed by atoms with Gasteiger partial charge >= 0.3 is 6.18 Å². The molecule has 0 aliphatic rings. The standard InChI is InChI=1S/C24H28ClF3N4O6S2/c1-37-6-4-32(5-7-38-2)13-15-9-17(25)11-18(21(15)33)22(34)31-23-30-20-14(12-29-40(3,35)36)8-16(24(26,27)28)10-19(20)39-23/h8-11,29,33H,4-7,12-13H2,1-3H3,(H,30,31,34). The third kappa shape index (κ3) is 8.73. The number of aromatic hydroxyl groups is 1. The second kappa shape index (κ2) is 13.4. The first-order valence-corrected chi connectivity index (χ1v) is 14.8. The number of hydrogen-bond acceptors (Lipinski definition) is 9. The minimum atomic E-state index is -4.69. The molecular formula is C24H28ClF3N4O6S2. The summed E-state index contributed by atoms with van der Waals surface area (Å²) in [6.45, 7) is 1.70. The van der Waals surface area contributed by atoms with Crippen LogP contribution in [-0.2, 0) is 38.8 Å². The highest BCUT2D eigenvalue weighted by Gasteiger charge is 2.32. The minimum Gasteiger partial charge on any atom is -0.507 e. The van der Waals surface area contributed by atoms with Gasteiger partial charge in [0.15, 0.2) is 5.13 Å². The molecule has 0 unspecified atom stereocenters. The number of hydrogen-bond donors (Lipinski definition) is 3. The number of ether oxygens (including phenoxy) is 2. The number of carbonyl (C=O) groups excluding carboxylic acids is 1. The summed E-state index contributed by atoms with van der Waals surface area (Å²) in [6.07, 6.45) is -3.81. The molecule has 3 rings (SSSR count). The smallest absolute Gasteiger partial charge is 0.416 e. The van der Waals surface area contributed by atoms with Crippen LogP contribution in [0.1, 0.15) is 27.0 Å². The third-order valence-electron chi connectivity index (χ3n) is 5.66. The number of nitrogens with zero attached hydrogens (tertiary/aromatic N) is 2. The first kappa shape index (κ1) is 32.0. The second-order valence-electron chi connectivity index (χ2n) is 8.77. The van der Waals surface area contributed by atoms with Gasteiger partial charge in [0.05, 0.1) is 40.8 Å². The van der Waals surface area contributed by atoms with Crippen molar-refractivity contribution in [2.75, 3.05) is 52.1 Å². The number of methoxy groups -OCH3 is 2. The number of rotatable bonds is 13. The van der Waals surface area contributed by atoms with Crippen LogP contribution in [0.5, 0.6) is 5.75 Å². The summed E-state index contributed by atoms with van der Waals surface area (Å²) in [5.41, 5.74) is -0.705. The maximum absolute atomic E-state index is 13.5. The van der Waals surface area contributed by atoms with Crippen LogP contribution in [0.4, 0.5) is 18.3 Å². The van der Waals surface area contributed by atoms with Crippen LogP contribution < -0.4 is 10.0 Å². The molecule has 40 heavy (non-hydrogen) atoms. The van der Waals surface area contributed by atoms with Crippen molar-refractivity contribution in [1.82, 2.24) is 14.6 Å². The van der Waals surface area contributed by atoms with E-state index in [9.17, 15) is 31.5 Å². The molecule has 0 fully saturated rings. The molecule has 10 nitrogen and oxygen atoms in total. The molecule has 220 valence electrons. The number of nitrogens with one attached hydrogen (secondary N) is 2. The van der Waals surface area contributed by atoms with Gasteiger partial charge in [-0.05, 0) is 29.8 Å². The van der Waals surface area contributed by atoms with Crippen LogP contribution >= 0.6 is 22.9 Å². The predicted molar refractivity (Wildman–Crippen MR) is 146 cm³/mol. The molecule has 3 N–H and O–H groups in total. The van der Waals surface area contributed by atoms with Gasteiger partial charge in [0.2, 0.25) is 10.0 Å². The first-order valence-electron chi connectivity index (χ1n) is 11.7. The lowest BCUT2D eigenvalue weighted by molar-refractivity contribution is -0.137. The monoisotopic (exact) mass is 624 g/mol. The molecule has 0 atom stereocenters. The van der Waals surface area contributed by atoms with Crippen LogP contribution in [-0.4, -0.2) is 76.1 Å². The number of thiazole rings is 1. The Bertz CT molecular complexity index is 1460. The van der Waals surface area contributed by atoms with Crippen LogP contribution in [0, 0.1) is 0 Å². The number of aromatic nitrogens is 1. The highest BCUT2D eigenvalue weighted by atomic mass is 35.5. The Morgan fingerprint density at radius 3 is 2.35 bits per heavy atom. The number of phenols is 1. The fourth-order valence-electron chi connectivity index (χ4n) is 3.72. The molecule has 0 radical (unpaired) electrons. The largest absolute Gasteiger partial charge is 0.507 e. The molecule has 3 aromatic rings.